The number of aromatic nitrogens is 2. The third kappa shape index (κ3) is 5.67. The van der Waals surface area contributed by atoms with Crippen LogP contribution < -0.4 is 4.74 Å². The predicted octanol–water partition coefficient (Wildman–Crippen LogP) is 4.59. The third-order valence-corrected chi connectivity index (χ3v) is 4.00. The first kappa shape index (κ1) is 18.1. The van der Waals surface area contributed by atoms with Crippen LogP contribution in [-0.4, -0.2) is 15.6 Å². The monoisotopic (exact) mass is 348 g/mol. The van der Waals surface area contributed by atoms with Crippen LogP contribution in [0.15, 0.2) is 73.1 Å². The Morgan fingerprint density at radius 2 is 1.38 bits per heavy atom. The summed E-state index contributed by atoms with van der Waals surface area (Å²) in [5, 5.41) is 0. The number of hydrogen-bond donors (Lipinski definition) is 0. The molecule has 0 N–H and O–H groups in total. The lowest BCUT2D eigenvalue weighted by Crippen LogP contribution is -2.27. The Kier molecular flexibility index (Phi) is 5.97. The van der Waals surface area contributed by atoms with Crippen LogP contribution in [0.5, 0.6) is 5.75 Å². The normalized spacial score (nSPS) is 11.3. The first-order valence-corrected chi connectivity index (χ1v) is 8.76. The summed E-state index contributed by atoms with van der Waals surface area (Å²) in [6.45, 7) is 5.18. The molecule has 134 valence electrons. The van der Waals surface area contributed by atoms with Crippen molar-refractivity contribution in [1.82, 2.24) is 9.97 Å². The number of ether oxygens (including phenoxy) is 2. The average molecular weight is 348 g/mol. The van der Waals surface area contributed by atoms with Gasteiger partial charge in [0.2, 0.25) is 0 Å². The average Bonchev–Trinajstić information content (AvgIpc) is 2.67. The zero-order valence-electron chi connectivity index (χ0n) is 15.3. The highest BCUT2D eigenvalue weighted by Crippen LogP contribution is 2.21. The van der Waals surface area contributed by atoms with Crippen LogP contribution in [0.3, 0.4) is 0 Å². The largest absolute Gasteiger partial charge is 0.487 e. The summed E-state index contributed by atoms with van der Waals surface area (Å²) in [7, 11) is 0. The van der Waals surface area contributed by atoms with Gasteiger partial charge >= 0.3 is 0 Å². The molecule has 0 aliphatic rings. The molecule has 4 nitrogen and oxygen atoms in total. The van der Waals surface area contributed by atoms with Crippen molar-refractivity contribution in [2.24, 2.45) is 0 Å². The van der Waals surface area contributed by atoms with E-state index in [9.17, 15) is 0 Å². The van der Waals surface area contributed by atoms with E-state index < -0.39 is 0 Å². The third-order valence-electron chi connectivity index (χ3n) is 4.00. The number of rotatable bonds is 8. The molecule has 0 unspecified atom stereocenters. The molecular formula is C22H24N2O2. The second kappa shape index (κ2) is 8.59. The van der Waals surface area contributed by atoms with Gasteiger partial charge < -0.3 is 9.47 Å². The molecule has 3 aromatic rings. The summed E-state index contributed by atoms with van der Waals surface area (Å²) in [6, 6.07) is 19.8. The minimum Gasteiger partial charge on any atom is -0.487 e. The lowest BCUT2D eigenvalue weighted by atomic mass is 9.98. The molecule has 4 heteroatoms. The maximum absolute atomic E-state index is 6.05. The van der Waals surface area contributed by atoms with Crippen molar-refractivity contribution < 1.29 is 9.47 Å². The highest BCUT2D eigenvalue weighted by atomic mass is 16.5. The fourth-order valence-corrected chi connectivity index (χ4v) is 2.64. The molecular weight excluding hydrogens is 324 g/mol. The van der Waals surface area contributed by atoms with E-state index in [0.717, 1.165) is 23.6 Å². The molecule has 0 atom stereocenters. The second-order valence-electron chi connectivity index (χ2n) is 6.80. The van der Waals surface area contributed by atoms with Crippen LogP contribution in [0.25, 0.3) is 0 Å². The van der Waals surface area contributed by atoms with Gasteiger partial charge in [0.1, 0.15) is 12.4 Å². The molecule has 0 spiro atoms. The summed E-state index contributed by atoms with van der Waals surface area (Å²) in [4.78, 5) is 8.56. The van der Waals surface area contributed by atoms with Crippen LogP contribution in [0, 0.1) is 0 Å². The van der Waals surface area contributed by atoms with E-state index in [2.05, 4.69) is 35.9 Å². The number of hydrogen-bond acceptors (Lipinski definition) is 4. The number of benzene rings is 1. The van der Waals surface area contributed by atoms with Crippen molar-refractivity contribution >= 4 is 0 Å². The van der Waals surface area contributed by atoms with E-state index in [1.807, 2.05) is 48.5 Å². The van der Waals surface area contributed by atoms with Crippen LogP contribution in [0.2, 0.25) is 0 Å². The van der Waals surface area contributed by atoms with E-state index in [1.165, 1.54) is 5.56 Å². The molecule has 3 rings (SSSR count). The topological polar surface area (TPSA) is 44.2 Å². The Morgan fingerprint density at radius 3 is 1.96 bits per heavy atom. The molecule has 0 amide bonds. The number of nitrogens with zero attached hydrogens (tertiary/aromatic N) is 2. The van der Waals surface area contributed by atoms with E-state index in [-0.39, 0.29) is 5.60 Å². The van der Waals surface area contributed by atoms with E-state index in [1.54, 1.807) is 12.4 Å². The minimum atomic E-state index is -0.270. The molecule has 1 aromatic carbocycles. The highest BCUT2D eigenvalue weighted by Gasteiger charge is 2.19. The Hall–Kier alpha value is -2.72. The number of pyridine rings is 2. The first-order chi connectivity index (χ1) is 12.6. The van der Waals surface area contributed by atoms with Gasteiger partial charge in [-0.2, -0.15) is 0 Å². The van der Waals surface area contributed by atoms with E-state index in [4.69, 9.17) is 9.47 Å². The summed E-state index contributed by atoms with van der Waals surface area (Å²) >= 11 is 0. The lowest BCUT2D eigenvalue weighted by Gasteiger charge is -2.25. The van der Waals surface area contributed by atoms with Crippen LogP contribution in [0.1, 0.15) is 30.8 Å². The smallest absolute Gasteiger partial charge is 0.130 e. The van der Waals surface area contributed by atoms with Crippen molar-refractivity contribution in [3.63, 3.8) is 0 Å². The quantitative estimate of drug-likeness (QED) is 0.597. The van der Waals surface area contributed by atoms with Gasteiger partial charge in [0, 0.05) is 18.8 Å². The predicted molar refractivity (Wildman–Crippen MR) is 102 cm³/mol. The van der Waals surface area contributed by atoms with Crippen molar-refractivity contribution in [3.8, 4) is 5.75 Å². The minimum absolute atomic E-state index is 0.270. The summed E-state index contributed by atoms with van der Waals surface area (Å²) < 4.78 is 11.8. The van der Waals surface area contributed by atoms with E-state index >= 15 is 0 Å². The van der Waals surface area contributed by atoms with Gasteiger partial charge in [-0.15, -0.1) is 0 Å². The fraction of sp³-hybridized carbons (Fsp3) is 0.273. The molecule has 0 aliphatic heterocycles. The lowest BCUT2D eigenvalue weighted by molar-refractivity contribution is -0.0301. The fourth-order valence-electron chi connectivity index (χ4n) is 2.64. The van der Waals surface area contributed by atoms with Crippen molar-refractivity contribution in [2.75, 3.05) is 0 Å². The first-order valence-electron chi connectivity index (χ1n) is 8.76. The van der Waals surface area contributed by atoms with Gasteiger partial charge in [-0.25, -0.2) is 0 Å². The molecule has 0 saturated heterocycles. The molecule has 0 fully saturated rings. The molecule has 0 saturated carbocycles. The van der Waals surface area contributed by atoms with Gasteiger partial charge in [-0.05, 0) is 55.8 Å². The van der Waals surface area contributed by atoms with Crippen LogP contribution in [0.4, 0.5) is 0 Å². The van der Waals surface area contributed by atoms with Crippen molar-refractivity contribution in [1.29, 1.82) is 0 Å². The van der Waals surface area contributed by atoms with Gasteiger partial charge in [-0.1, -0.05) is 24.3 Å². The molecule has 26 heavy (non-hydrogen) atoms. The van der Waals surface area contributed by atoms with Crippen molar-refractivity contribution in [3.05, 3.63) is 90.0 Å². The highest BCUT2D eigenvalue weighted by molar-refractivity contribution is 5.28. The Bertz CT molecular complexity index is 787. The zero-order chi connectivity index (χ0) is 18.2. The summed E-state index contributed by atoms with van der Waals surface area (Å²) in [5.41, 5.74) is 2.80. The molecule has 2 aromatic heterocycles. The zero-order valence-corrected chi connectivity index (χ0v) is 15.3. The van der Waals surface area contributed by atoms with Gasteiger partial charge in [0.25, 0.3) is 0 Å². The molecule has 0 bridgehead atoms. The SMILES string of the molecule is CC(C)(Cc1ccc(OCc2ccccn2)cc1)OCc1ccccn1. The maximum atomic E-state index is 6.05. The second-order valence-corrected chi connectivity index (χ2v) is 6.80. The Labute approximate surface area is 154 Å². The molecule has 2 heterocycles. The van der Waals surface area contributed by atoms with Gasteiger partial charge in [0.05, 0.1) is 23.6 Å². The standard InChI is InChI=1S/C22H24N2O2/c1-22(2,26-17-20-8-4-6-14-24-20)15-18-9-11-21(12-10-18)25-16-19-7-3-5-13-23-19/h3-14H,15-17H2,1-2H3. The molecule has 0 aliphatic carbocycles. The van der Waals surface area contributed by atoms with Gasteiger partial charge in [-0.3, -0.25) is 9.97 Å². The summed E-state index contributed by atoms with van der Waals surface area (Å²) in [6.07, 6.45) is 4.38. The van der Waals surface area contributed by atoms with E-state index in [0.29, 0.717) is 13.2 Å². The van der Waals surface area contributed by atoms with Gasteiger partial charge in [0.15, 0.2) is 0 Å². The Morgan fingerprint density at radius 1 is 0.769 bits per heavy atom. The molecule has 0 radical (unpaired) electrons. The van der Waals surface area contributed by atoms with Crippen LogP contribution >= 0.6 is 0 Å². The Balaban J connectivity index is 1.51. The maximum Gasteiger partial charge on any atom is 0.130 e. The summed E-state index contributed by atoms with van der Waals surface area (Å²) in [5.74, 6) is 0.839. The van der Waals surface area contributed by atoms with Crippen molar-refractivity contribution in [2.45, 2.75) is 39.1 Å². The van der Waals surface area contributed by atoms with Crippen LogP contribution in [-0.2, 0) is 24.4 Å².